The molecule has 0 fully saturated rings. The Morgan fingerprint density at radius 2 is 1.95 bits per heavy atom. The summed E-state index contributed by atoms with van der Waals surface area (Å²) in [5.41, 5.74) is 6.68. The number of ether oxygens (including phenoxy) is 1. The molecule has 0 spiro atoms. The van der Waals surface area contributed by atoms with Crippen molar-refractivity contribution in [2.75, 3.05) is 13.2 Å². The Labute approximate surface area is 115 Å². The number of nitrogens with two attached hydrogens (primary N) is 1. The zero-order valence-corrected chi connectivity index (χ0v) is 12.0. The molecule has 19 heavy (non-hydrogen) atoms. The van der Waals surface area contributed by atoms with Crippen molar-refractivity contribution >= 4 is 5.91 Å². The molecule has 1 amide bonds. The number of aryl methyl sites for hydroxylation is 1. The maximum absolute atomic E-state index is 11.5. The third kappa shape index (κ3) is 6.82. The van der Waals surface area contributed by atoms with Crippen LogP contribution in [-0.4, -0.2) is 24.6 Å². The van der Waals surface area contributed by atoms with Crippen molar-refractivity contribution in [3.63, 3.8) is 0 Å². The summed E-state index contributed by atoms with van der Waals surface area (Å²) in [6, 6.07) is 7.93. The smallest absolute Gasteiger partial charge is 0.223 e. The highest BCUT2D eigenvalue weighted by Crippen LogP contribution is 2.12. The molecular formula is C15H24N2O2. The van der Waals surface area contributed by atoms with Crippen molar-refractivity contribution in [1.82, 2.24) is 5.32 Å². The number of benzene rings is 1. The van der Waals surface area contributed by atoms with Gasteiger partial charge in [-0.3, -0.25) is 4.79 Å². The average molecular weight is 264 g/mol. The van der Waals surface area contributed by atoms with Gasteiger partial charge in [-0.25, -0.2) is 0 Å². The molecular weight excluding hydrogens is 240 g/mol. The first kappa shape index (κ1) is 15.5. The number of hydrogen-bond acceptors (Lipinski definition) is 3. The van der Waals surface area contributed by atoms with Gasteiger partial charge in [0.25, 0.3) is 0 Å². The Morgan fingerprint density at radius 3 is 2.47 bits per heavy atom. The first-order chi connectivity index (χ1) is 8.90. The van der Waals surface area contributed by atoms with Gasteiger partial charge in [-0.2, -0.15) is 0 Å². The third-order valence-electron chi connectivity index (χ3n) is 2.67. The largest absolute Gasteiger partial charge is 0.493 e. The van der Waals surface area contributed by atoms with Gasteiger partial charge in [-0.15, -0.1) is 0 Å². The lowest BCUT2D eigenvalue weighted by Gasteiger charge is -2.18. The predicted molar refractivity (Wildman–Crippen MR) is 77.2 cm³/mol. The van der Waals surface area contributed by atoms with E-state index in [2.05, 4.69) is 12.2 Å². The van der Waals surface area contributed by atoms with Crippen molar-refractivity contribution in [3.05, 3.63) is 29.8 Å². The SMILES string of the molecule is CCc1ccc(OCCC(=O)NCC(C)(C)N)cc1. The Hall–Kier alpha value is -1.55. The molecule has 0 aliphatic heterocycles. The second-order valence-corrected chi connectivity index (χ2v) is 5.36. The lowest BCUT2D eigenvalue weighted by Crippen LogP contribution is -2.45. The minimum absolute atomic E-state index is 0.0382. The van der Waals surface area contributed by atoms with Gasteiger partial charge in [0.05, 0.1) is 13.0 Å². The van der Waals surface area contributed by atoms with E-state index in [1.165, 1.54) is 5.56 Å². The first-order valence-corrected chi connectivity index (χ1v) is 6.68. The van der Waals surface area contributed by atoms with Gasteiger partial charge >= 0.3 is 0 Å². The summed E-state index contributed by atoms with van der Waals surface area (Å²) < 4.78 is 5.52. The monoisotopic (exact) mass is 264 g/mol. The van der Waals surface area contributed by atoms with Gasteiger partial charge in [-0.1, -0.05) is 19.1 Å². The van der Waals surface area contributed by atoms with E-state index in [0.717, 1.165) is 12.2 Å². The van der Waals surface area contributed by atoms with E-state index in [-0.39, 0.29) is 11.4 Å². The number of rotatable bonds is 7. The van der Waals surface area contributed by atoms with Crippen LogP contribution in [0.3, 0.4) is 0 Å². The van der Waals surface area contributed by atoms with Gasteiger partial charge in [0.15, 0.2) is 0 Å². The van der Waals surface area contributed by atoms with Gasteiger partial charge in [0.2, 0.25) is 5.91 Å². The van der Waals surface area contributed by atoms with Crippen LogP contribution in [0.4, 0.5) is 0 Å². The Balaban J connectivity index is 2.24. The zero-order chi connectivity index (χ0) is 14.3. The van der Waals surface area contributed by atoms with Gasteiger partial charge < -0.3 is 15.8 Å². The Kier molecular flexibility index (Phi) is 5.83. The van der Waals surface area contributed by atoms with Crippen LogP contribution in [0.25, 0.3) is 0 Å². The fourth-order valence-corrected chi connectivity index (χ4v) is 1.50. The minimum atomic E-state index is -0.382. The number of carbonyl (C=O) groups excluding carboxylic acids is 1. The molecule has 3 N–H and O–H groups in total. The van der Waals surface area contributed by atoms with E-state index < -0.39 is 0 Å². The molecule has 1 aromatic rings. The van der Waals surface area contributed by atoms with Gasteiger partial charge in [-0.05, 0) is 38.0 Å². The molecule has 4 heteroatoms. The standard InChI is InChI=1S/C15H24N2O2/c1-4-12-5-7-13(8-6-12)19-10-9-14(18)17-11-15(2,3)16/h5-8H,4,9-11,16H2,1-3H3,(H,17,18). The highest BCUT2D eigenvalue weighted by Gasteiger charge is 2.11. The molecule has 4 nitrogen and oxygen atoms in total. The maximum atomic E-state index is 11.5. The van der Waals surface area contributed by atoms with Crippen LogP contribution in [0, 0.1) is 0 Å². The fourth-order valence-electron chi connectivity index (χ4n) is 1.50. The van der Waals surface area contributed by atoms with Crippen LogP contribution in [0.1, 0.15) is 32.8 Å². The quantitative estimate of drug-likeness (QED) is 0.790. The van der Waals surface area contributed by atoms with E-state index in [4.69, 9.17) is 10.5 Å². The molecule has 0 heterocycles. The number of carbonyl (C=O) groups is 1. The molecule has 0 aliphatic rings. The predicted octanol–water partition coefficient (Wildman–Crippen LogP) is 1.87. The summed E-state index contributed by atoms with van der Waals surface area (Å²) in [6.07, 6.45) is 1.35. The Bertz CT molecular complexity index is 394. The van der Waals surface area contributed by atoms with Crippen LogP contribution in [0.2, 0.25) is 0 Å². The maximum Gasteiger partial charge on any atom is 0.223 e. The Morgan fingerprint density at radius 1 is 1.32 bits per heavy atom. The fraction of sp³-hybridized carbons (Fsp3) is 0.533. The van der Waals surface area contributed by atoms with E-state index >= 15 is 0 Å². The molecule has 0 saturated carbocycles. The molecule has 0 atom stereocenters. The van der Waals surface area contributed by atoms with Crippen molar-refractivity contribution in [2.45, 2.75) is 39.2 Å². The minimum Gasteiger partial charge on any atom is -0.493 e. The average Bonchev–Trinajstić information content (AvgIpc) is 2.36. The topological polar surface area (TPSA) is 64.3 Å². The zero-order valence-electron chi connectivity index (χ0n) is 12.0. The normalized spacial score (nSPS) is 11.2. The van der Waals surface area contributed by atoms with E-state index in [9.17, 15) is 4.79 Å². The number of amides is 1. The van der Waals surface area contributed by atoms with E-state index in [1.54, 1.807) is 0 Å². The van der Waals surface area contributed by atoms with Crippen LogP contribution < -0.4 is 15.8 Å². The molecule has 1 rings (SSSR count). The molecule has 0 aliphatic carbocycles. The van der Waals surface area contributed by atoms with Crippen LogP contribution >= 0.6 is 0 Å². The molecule has 0 unspecified atom stereocenters. The summed E-state index contributed by atoms with van der Waals surface area (Å²) in [6.45, 7) is 6.70. The van der Waals surface area contributed by atoms with Crippen LogP contribution in [0.5, 0.6) is 5.75 Å². The highest BCUT2D eigenvalue weighted by molar-refractivity contribution is 5.76. The molecule has 0 saturated heterocycles. The summed E-state index contributed by atoms with van der Waals surface area (Å²) in [7, 11) is 0. The van der Waals surface area contributed by atoms with Crippen molar-refractivity contribution in [2.24, 2.45) is 5.73 Å². The lowest BCUT2D eigenvalue weighted by molar-refractivity contribution is -0.121. The summed E-state index contributed by atoms with van der Waals surface area (Å²) >= 11 is 0. The molecule has 106 valence electrons. The van der Waals surface area contributed by atoms with Crippen LogP contribution in [0.15, 0.2) is 24.3 Å². The molecule has 0 aromatic heterocycles. The summed E-state index contributed by atoms with van der Waals surface area (Å²) in [5.74, 6) is 0.757. The number of nitrogens with one attached hydrogen (secondary N) is 1. The second-order valence-electron chi connectivity index (χ2n) is 5.36. The van der Waals surface area contributed by atoms with Gasteiger partial charge in [0, 0.05) is 12.1 Å². The van der Waals surface area contributed by atoms with E-state index in [1.807, 2.05) is 38.1 Å². The molecule has 1 aromatic carbocycles. The third-order valence-corrected chi connectivity index (χ3v) is 2.67. The summed E-state index contributed by atoms with van der Waals surface area (Å²) in [4.78, 5) is 11.5. The van der Waals surface area contributed by atoms with Crippen LogP contribution in [-0.2, 0) is 11.2 Å². The molecule has 0 bridgehead atoms. The van der Waals surface area contributed by atoms with E-state index in [0.29, 0.717) is 19.6 Å². The lowest BCUT2D eigenvalue weighted by atomic mass is 10.1. The van der Waals surface area contributed by atoms with Crippen molar-refractivity contribution < 1.29 is 9.53 Å². The van der Waals surface area contributed by atoms with Gasteiger partial charge in [0.1, 0.15) is 5.75 Å². The number of hydrogen-bond donors (Lipinski definition) is 2. The molecule has 0 radical (unpaired) electrons. The highest BCUT2D eigenvalue weighted by atomic mass is 16.5. The summed E-state index contributed by atoms with van der Waals surface area (Å²) in [5, 5.41) is 2.78. The van der Waals surface area contributed by atoms with Crippen molar-refractivity contribution in [1.29, 1.82) is 0 Å². The van der Waals surface area contributed by atoms with Crippen molar-refractivity contribution in [3.8, 4) is 5.75 Å². The first-order valence-electron chi connectivity index (χ1n) is 6.68. The second kappa shape index (κ2) is 7.14.